The topological polar surface area (TPSA) is 12.9 Å². The SMILES string of the molecule is C[C-](C)[Si]c1cccnc1.[Li+]. The summed E-state index contributed by atoms with van der Waals surface area (Å²) in [6, 6.07) is 4.09. The molecule has 0 aliphatic carbocycles. The molecule has 2 radical (unpaired) electrons. The smallest absolute Gasteiger partial charge is 0.321 e. The molecule has 0 saturated carbocycles. The Labute approximate surface area is 82.6 Å². The molecule has 1 rings (SSSR count). The summed E-state index contributed by atoms with van der Waals surface area (Å²) in [5.74, 6) is 0. The molecule has 0 aromatic carbocycles. The Morgan fingerprint density at radius 3 is 2.64 bits per heavy atom. The average molecular weight is 155 g/mol. The van der Waals surface area contributed by atoms with Crippen LogP contribution in [0.15, 0.2) is 24.5 Å². The van der Waals surface area contributed by atoms with E-state index < -0.39 is 0 Å². The first-order valence-electron chi connectivity index (χ1n) is 3.26. The molecule has 0 bridgehead atoms. The summed E-state index contributed by atoms with van der Waals surface area (Å²) in [4.78, 5) is 4.03. The van der Waals surface area contributed by atoms with Crippen LogP contribution in [0, 0.1) is 5.54 Å². The maximum Gasteiger partial charge on any atom is 1.00 e. The molecule has 0 aliphatic heterocycles. The van der Waals surface area contributed by atoms with Gasteiger partial charge in [0.25, 0.3) is 0 Å². The van der Waals surface area contributed by atoms with Gasteiger partial charge in [0.1, 0.15) is 0 Å². The van der Waals surface area contributed by atoms with Gasteiger partial charge in [0.05, 0.1) is 0 Å². The molecule has 1 aromatic heterocycles. The third-order valence-electron chi connectivity index (χ3n) is 1.06. The molecule has 11 heavy (non-hydrogen) atoms. The van der Waals surface area contributed by atoms with E-state index in [1.807, 2.05) is 12.3 Å². The summed E-state index contributed by atoms with van der Waals surface area (Å²) in [5, 5.41) is 1.32. The van der Waals surface area contributed by atoms with Gasteiger partial charge in [-0.25, -0.2) is 0 Å². The first kappa shape index (κ1) is 11.0. The number of aromatic nitrogens is 1. The molecule has 0 fully saturated rings. The summed E-state index contributed by atoms with van der Waals surface area (Å²) in [6.07, 6.45) is 3.73. The predicted molar refractivity (Wildman–Crippen MR) is 44.2 cm³/mol. The fourth-order valence-electron chi connectivity index (χ4n) is 0.725. The average Bonchev–Trinajstić information content (AvgIpc) is 1.88. The molecule has 0 amide bonds. The fourth-order valence-corrected chi connectivity index (χ4v) is 1.62. The summed E-state index contributed by atoms with van der Waals surface area (Å²) < 4.78 is 0. The minimum absolute atomic E-state index is 0. The van der Waals surface area contributed by atoms with Crippen LogP contribution in [0.25, 0.3) is 0 Å². The zero-order valence-corrected chi connectivity index (χ0v) is 8.26. The summed E-state index contributed by atoms with van der Waals surface area (Å²) in [5.41, 5.74) is 1.45. The molecule has 0 aliphatic rings. The van der Waals surface area contributed by atoms with Crippen LogP contribution < -0.4 is 24.0 Å². The van der Waals surface area contributed by atoms with Gasteiger partial charge in [0.2, 0.25) is 0 Å². The van der Waals surface area contributed by atoms with Gasteiger partial charge in [-0.05, 0) is 6.07 Å². The van der Waals surface area contributed by atoms with Crippen molar-refractivity contribution < 1.29 is 18.9 Å². The number of nitrogens with zero attached hydrogens (tertiary/aromatic N) is 1. The van der Waals surface area contributed by atoms with Gasteiger partial charge >= 0.3 is 18.9 Å². The Bertz CT molecular complexity index is 189. The summed E-state index contributed by atoms with van der Waals surface area (Å²) in [6.45, 7) is 4.29. The molecule has 0 spiro atoms. The molecule has 0 saturated heterocycles. The van der Waals surface area contributed by atoms with Crippen LogP contribution in [0.4, 0.5) is 0 Å². The summed E-state index contributed by atoms with van der Waals surface area (Å²) in [7, 11) is 0.815. The molecule has 1 heterocycles. The quantitative estimate of drug-likeness (QED) is 0.355. The van der Waals surface area contributed by atoms with Crippen LogP contribution in [0.1, 0.15) is 13.8 Å². The second-order valence-corrected chi connectivity index (χ2v) is 4.19. The van der Waals surface area contributed by atoms with Gasteiger partial charge < -0.3 is 5.54 Å². The molecular weight excluding hydrogens is 145 g/mol. The normalized spacial score (nSPS) is 9.36. The largest absolute Gasteiger partial charge is 1.00 e. The standard InChI is InChI=1S/C8H10NSi.Li/c1-7(2)10-8-4-3-5-9-6-8;/h3-6H,1-2H3;/q-1;+1. The maximum atomic E-state index is 4.03. The van der Waals surface area contributed by atoms with E-state index in [0.717, 1.165) is 9.52 Å². The van der Waals surface area contributed by atoms with E-state index in [2.05, 4.69) is 24.9 Å². The van der Waals surface area contributed by atoms with E-state index in [1.54, 1.807) is 6.20 Å². The van der Waals surface area contributed by atoms with Crippen molar-refractivity contribution in [2.75, 3.05) is 0 Å². The second-order valence-electron chi connectivity index (χ2n) is 2.37. The maximum absolute atomic E-state index is 4.03. The van der Waals surface area contributed by atoms with Gasteiger partial charge in [-0.2, -0.15) is 13.8 Å². The first-order valence-corrected chi connectivity index (χ1v) is 4.26. The number of hydrogen-bond donors (Lipinski definition) is 0. The van der Waals surface area contributed by atoms with E-state index in [4.69, 9.17) is 0 Å². The Morgan fingerprint density at radius 2 is 2.18 bits per heavy atom. The van der Waals surface area contributed by atoms with Crippen LogP contribution in [-0.2, 0) is 0 Å². The van der Waals surface area contributed by atoms with Crippen molar-refractivity contribution in [1.82, 2.24) is 4.98 Å². The number of hydrogen-bond acceptors (Lipinski definition) is 1. The Morgan fingerprint density at radius 1 is 1.45 bits per heavy atom. The zero-order valence-electron chi connectivity index (χ0n) is 7.26. The molecule has 1 aromatic rings. The Hall–Kier alpha value is -0.0357. The fraction of sp³-hybridized carbons (Fsp3) is 0.250. The van der Waals surface area contributed by atoms with Crippen molar-refractivity contribution >= 4 is 14.7 Å². The van der Waals surface area contributed by atoms with E-state index >= 15 is 0 Å². The van der Waals surface area contributed by atoms with Gasteiger partial charge in [0.15, 0.2) is 0 Å². The zero-order chi connectivity index (χ0) is 7.40. The van der Waals surface area contributed by atoms with Crippen molar-refractivity contribution in [2.45, 2.75) is 13.8 Å². The number of pyridine rings is 1. The van der Waals surface area contributed by atoms with Gasteiger partial charge in [0, 0.05) is 12.4 Å². The van der Waals surface area contributed by atoms with Gasteiger partial charge in [-0.15, -0.1) is 9.52 Å². The minimum Gasteiger partial charge on any atom is -0.321 e. The van der Waals surface area contributed by atoms with Crippen molar-refractivity contribution in [1.29, 1.82) is 0 Å². The molecule has 0 N–H and O–H groups in total. The van der Waals surface area contributed by atoms with Crippen LogP contribution >= 0.6 is 0 Å². The second kappa shape index (κ2) is 5.59. The van der Waals surface area contributed by atoms with Crippen molar-refractivity contribution in [2.24, 2.45) is 0 Å². The van der Waals surface area contributed by atoms with Gasteiger partial charge in [-0.3, -0.25) is 4.98 Å². The van der Waals surface area contributed by atoms with Crippen molar-refractivity contribution in [3.05, 3.63) is 30.1 Å². The van der Waals surface area contributed by atoms with E-state index in [1.165, 1.54) is 10.7 Å². The molecule has 3 heteroatoms. The predicted octanol–water partition coefficient (Wildman–Crippen LogP) is -2.01. The Kier molecular flexibility index (Phi) is 5.58. The molecule has 1 nitrogen and oxygen atoms in total. The van der Waals surface area contributed by atoms with E-state index in [0.29, 0.717) is 0 Å². The molecule has 0 atom stereocenters. The van der Waals surface area contributed by atoms with Crippen LogP contribution in [0.2, 0.25) is 0 Å². The number of rotatable bonds is 2. The van der Waals surface area contributed by atoms with Crippen molar-refractivity contribution in [3.63, 3.8) is 0 Å². The first-order chi connectivity index (χ1) is 4.79. The molecule has 52 valence electrons. The Balaban J connectivity index is 0.000001000. The van der Waals surface area contributed by atoms with Crippen LogP contribution in [-0.4, -0.2) is 14.5 Å². The molecule has 0 unspecified atom stereocenters. The van der Waals surface area contributed by atoms with Crippen molar-refractivity contribution in [3.8, 4) is 0 Å². The third kappa shape index (κ3) is 4.42. The third-order valence-corrected chi connectivity index (χ3v) is 2.14. The van der Waals surface area contributed by atoms with Crippen LogP contribution in [0.5, 0.6) is 0 Å². The van der Waals surface area contributed by atoms with Crippen LogP contribution in [0.3, 0.4) is 0 Å². The van der Waals surface area contributed by atoms with E-state index in [-0.39, 0.29) is 18.9 Å². The minimum atomic E-state index is 0. The molecular formula is C8H10LiNSi. The summed E-state index contributed by atoms with van der Waals surface area (Å²) >= 11 is 0. The van der Waals surface area contributed by atoms with E-state index in [9.17, 15) is 0 Å². The van der Waals surface area contributed by atoms with Gasteiger partial charge in [-0.1, -0.05) is 11.3 Å². The monoisotopic (exact) mass is 155 g/mol.